The van der Waals surface area contributed by atoms with Crippen LogP contribution in [-0.2, 0) is 22.7 Å². The van der Waals surface area contributed by atoms with E-state index in [0.717, 1.165) is 31.5 Å². The predicted molar refractivity (Wildman–Crippen MR) is 141 cm³/mol. The lowest BCUT2D eigenvalue weighted by molar-refractivity contribution is -0.143. The molecule has 0 aliphatic rings. The van der Waals surface area contributed by atoms with Crippen molar-refractivity contribution in [3.8, 4) is 0 Å². The summed E-state index contributed by atoms with van der Waals surface area (Å²) < 4.78 is 2.22. The zero-order valence-electron chi connectivity index (χ0n) is 22.4. The molecular weight excluding hydrogens is 422 g/mol. The molecule has 0 spiro atoms. The highest BCUT2D eigenvalue weighted by Gasteiger charge is 2.28. The molecule has 1 heterocycles. The summed E-state index contributed by atoms with van der Waals surface area (Å²) in [5.41, 5.74) is 3.50. The van der Waals surface area contributed by atoms with Gasteiger partial charge in [0.05, 0.1) is 13.1 Å². The van der Waals surface area contributed by atoms with Crippen molar-refractivity contribution >= 4 is 11.8 Å². The molecule has 2 rings (SSSR count). The highest BCUT2D eigenvalue weighted by molar-refractivity contribution is 5.85. The maximum absolute atomic E-state index is 13.5. The van der Waals surface area contributed by atoms with Gasteiger partial charge in [-0.25, -0.2) is 0 Å². The fourth-order valence-corrected chi connectivity index (χ4v) is 4.10. The number of nitrogens with zero attached hydrogens (tertiary/aromatic N) is 3. The Morgan fingerprint density at radius 2 is 1.79 bits per heavy atom. The van der Waals surface area contributed by atoms with Crippen molar-refractivity contribution in [1.82, 2.24) is 14.4 Å². The second kappa shape index (κ2) is 12.8. The van der Waals surface area contributed by atoms with Crippen LogP contribution in [0.2, 0.25) is 0 Å². The summed E-state index contributed by atoms with van der Waals surface area (Å²) in [5, 5.41) is 0. The van der Waals surface area contributed by atoms with Crippen LogP contribution < -0.4 is 0 Å². The van der Waals surface area contributed by atoms with Crippen molar-refractivity contribution < 1.29 is 9.59 Å². The number of hydrogen-bond donors (Lipinski definition) is 0. The fourth-order valence-electron chi connectivity index (χ4n) is 4.10. The van der Waals surface area contributed by atoms with Crippen LogP contribution in [0.1, 0.15) is 84.0 Å². The van der Waals surface area contributed by atoms with Gasteiger partial charge in [-0.05, 0) is 49.8 Å². The van der Waals surface area contributed by atoms with E-state index in [1.165, 1.54) is 11.1 Å². The standard InChI is InChI=1S/C29H45N3O2/c1-8-10-16-31(28(34)22-32(24(4)9-2)27(33)19-29(5,6)7)21-26-15-12-17-30(26)20-25-14-11-13-23(3)18-25/h11-15,17-18,24H,8-10,16,19-22H2,1-7H3. The predicted octanol–water partition coefficient (Wildman–Crippen LogP) is 6.04. The zero-order chi connectivity index (χ0) is 25.3. The minimum Gasteiger partial charge on any atom is -0.345 e. The number of carbonyl (C=O) groups is 2. The number of rotatable bonds is 12. The molecule has 1 unspecified atom stereocenters. The number of amides is 2. The van der Waals surface area contributed by atoms with Crippen LogP contribution in [0.5, 0.6) is 0 Å². The maximum Gasteiger partial charge on any atom is 0.242 e. The normalized spacial score (nSPS) is 12.4. The molecule has 0 fully saturated rings. The summed E-state index contributed by atoms with van der Waals surface area (Å²) in [6.45, 7) is 16.7. The molecule has 2 amide bonds. The first-order valence-electron chi connectivity index (χ1n) is 12.8. The van der Waals surface area contributed by atoms with Crippen molar-refractivity contribution in [2.24, 2.45) is 5.41 Å². The van der Waals surface area contributed by atoms with Gasteiger partial charge in [0.1, 0.15) is 0 Å². The molecule has 1 aromatic heterocycles. The SMILES string of the molecule is CCCCN(Cc1cccn1Cc1cccc(C)c1)C(=O)CN(C(=O)CC(C)(C)C)C(C)CC. The number of hydrogen-bond acceptors (Lipinski definition) is 2. The van der Waals surface area contributed by atoms with E-state index in [-0.39, 0.29) is 29.8 Å². The fraction of sp³-hybridized carbons (Fsp3) is 0.586. The largest absolute Gasteiger partial charge is 0.345 e. The Morgan fingerprint density at radius 1 is 1.06 bits per heavy atom. The number of aryl methyl sites for hydroxylation is 1. The van der Waals surface area contributed by atoms with Crippen molar-refractivity contribution in [1.29, 1.82) is 0 Å². The van der Waals surface area contributed by atoms with E-state index in [0.29, 0.717) is 19.5 Å². The number of carbonyl (C=O) groups excluding carboxylic acids is 2. The van der Waals surface area contributed by atoms with Crippen LogP contribution in [0.15, 0.2) is 42.6 Å². The molecule has 0 aliphatic heterocycles. The van der Waals surface area contributed by atoms with Crippen molar-refractivity contribution in [3.05, 3.63) is 59.4 Å². The molecule has 0 aliphatic carbocycles. The lowest BCUT2D eigenvalue weighted by Gasteiger charge is -2.33. The average molecular weight is 468 g/mol. The van der Waals surface area contributed by atoms with Crippen molar-refractivity contribution in [2.75, 3.05) is 13.1 Å². The highest BCUT2D eigenvalue weighted by Crippen LogP contribution is 2.22. The molecular formula is C29H45N3O2. The van der Waals surface area contributed by atoms with Crippen LogP contribution in [-0.4, -0.2) is 45.3 Å². The molecule has 0 N–H and O–H groups in total. The Hall–Kier alpha value is -2.56. The van der Waals surface area contributed by atoms with Gasteiger partial charge < -0.3 is 14.4 Å². The average Bonchev–Trinajstić information content (AvgIpc) is 3.19. The van der Waals surface area contributed by atoms with Gasteiger partial charge in [0.25, 0.3) is 0 Å². The minimum atomic E-state index is -0.107. The Balaban J connectivity index is 2.19. The number of benzene rings is 1. The van der Waals surface area contributed by atoms with Gasteiger partial charge in [-0.1, -0.05) is 70.9 Å². The lowest BCUT2D eigenvalue weighted by Crippen LogP contribution is -2.47. The van der Waals surface area contributed by atoms with Crippen LogP contribution in [0.3, 0.4) is 0 Å². The first kappa shape index (κ1) is 27.7. The highest BCUT2D eigenvalue weighted by atomic mass is 16.2. The van der Waals surface area contributed by atoms with E-state index in [9.17, 15) is 9.59 Å². The summed E-state index contributed by atoms with van der Waals surface area (Å²) in [4.78, 5) is 30.3. The first-order valence-corrected chi connectivity index (χ1v) is 12.8. The molecule has 0 radical (unpaired) electrons. The molecule has 0 saturated carbocycles. The van der Waals surface area contributed by atoms with Crippen molar-refractivity contribution in [3.63, 3.8) is 0 Å². The first-order chi connectivity index (χ1) is 16.0. The molecule has 5 heteroatoms. The molecule has 0 bridgehead atoms. The molecule has 5 nitrogen and oxygen atoms in total. The van der Waals surface area contributed by atoms with Crippen LogP contribution in [0, 0.1) is 12.3 Å². The Bertz CT molecular complexity index is 925. The van der Waals surface area contributed by atoms with Crippen molar-refractivity contribution in [2.45, 2.75) is 93.3 Å². The second-order valence-corrected chi connectivity index (χ2v) is 10.8. The number of aromatic nitrogens is 1. The van der Waals surface area contributed by atoms with Gasteiger partial charge in [0, 0.05) is 37.4 Å². The Labute approximate surface area is 207 Å². The van der Waals surface area contributed by atoms with Gasteiger partial charge in [0.2, 0.25) is 11.8 Å². The molecule has 2 aromatic rings. The summed E-state index contributed by atoms with van der Waals surface area (Å²) in [6.07, 6.45) is 5.32. The molecule has 34 heavy (non-hydrogen) atoms. The van der Waals surface area contributed by atoms with Crippen LogP contribution >= 0.6 is 0 Å². The van der Waals surface area contributed by atoms with E-state index in [1.807, 2.05) is 17.9 Å². The quantitative estimate of drug-likeness (QED) is 0.382. The van der Waals surface area contributed by atoms with E-state index in [1.54, 1.807) is 4.90 Å². The minimum absolute atomic E-state index is 0.0271. The van der Waals surface area contributed by atoms with E-state index < -0.39 is 0 Å². The molecule has 1 aromatic carbocycles. The third-order valence-electron chi connectivity index (χ3n) is 6.28. The summed E-state index contributed by atoms with van der Waals surface area (Å²) in [5.74, 6) is 0.0905. The van der Waals surface area contributed by atoms with Gasteiger partial charge in [-0.2, -0.15) is 0 Å². The van der Waals surface area contributed by atoms with Gasteiger partial charge in [0.15, 0.2) is 0 Å². The second-order valence-electron chi connectivity index (χ2n) is 10.8. The zero-order valence-corrected chi connectivity index (χ0v) is 22.4. The van der Waals surface area contributed by atoms with Gasteiger partial charge in [-0.15, -0.1) is 0 Å². The van der Waals surface area contributed by atoms with E-state index >= 15 is 0 Å². The summed E-state index contributed by atoms with van der Waals surface area (Å²) >= 11 is 0. The van der Waals surface area contributed by atoms with Crippen LogP contribution in [0.4, 0.5) is 0 Å². The maximum atomic E-state index is 13.5. The lowest BCUT2D eigenvalue weighted by atomic mass is 9.91. The van der Waals surface area contributed by atoms with E-state index in [4.69, 9.17) is 0 Å². The third-order valence-corrected chi connectivity index (χ3v) is 6.28. The number of unbranched alkanes of at least 4 members (excludes halogenated alkanes) is 1. The molecule has 0 saturated heterocycles. The third kappa shape index (κ3) is 8.66. The molecule has 1 atom stereocenters. The monoisotopic (exact) mass is 467 g/mol. The Morgan fingerprint density at radius 3 is 2.41 bits per heavy atom. The summed E-state index contributed by atoms with van der Waals surface area (Å²) in [6, 6.07) is 12.7. The molecule has 188 valence electrons. The van der Waals surface area contributed by atoms with Gasteiger partial charge in [-0.3, -0.25) is 9.59 Å². The summed E-state index contributed by atoms with van der Waals surface area (Å²) in [7, 11) is 0. The Kier molecular flexibility index (Phi) is 10.4. The smallest absolute Gasteiger partial charge is 0.242 e. The van der Waals surface area contributed by atoms with E-state index in [2.05, 4.69) is 82.6 Å². The van der Waals surface area contributed by atoms with Gasteiger partial charge >= 0.3 is 0 Å². The topological polar surface area (TPSA) is 45.6 Å². The van der Waals surface area contributed by atoms with Crippen LogP contribution in [0.25, 0.3) is 0 Å².